The molecule has 0 aromatic heterocycles. The third-order valence-electron chi connectivity index (χ3n) is 6.18. The van der Waals surface area contributed by atoms with Crippen LogP contribution in [0.15, 0.2) is 120 Å². The highest BCUT2D eigenvalue weighted by molar-refractivity contribution is 7.89. The number of hydrogen-bond acceptors (Lipinski definition) is 6. The average molecular weight is 540 g/mol. The maximum absolute atomic E-state index is 13.9. The molecule has 8 heteroatoms. The van der Waals surface area contributed by atoms with Crippen molar-refractivity contribution in [1.29, 1.82) is 0 Å². The number of hydrogen-bond donors (Lipinski definition) is 0. The van der Waals surface area contributed by atoms with Crippen molar-refractivity contribution in [2.24, 2.45) is 0 Å². The summed E-state index contributed by atoms with van der Waals surface area (Å²) in [7, 11) is -4.18. The largest absolute Gasteiger partial charge is 0.482 e. The number of carbonyl (C=O) groups excluding carboxylic acids is 2. The van der Waals surface area contributed by atoms with Crippen LogP contribution < -0.4 is 4.74 Å². The maximum Gasteiger partial charge on any atom is 0.349 e. The number of carbonyl (C=O) groups is 2. The summed E-state index contributed by atoms with van der Waals surface area (Å²) in [5.74, 6) is -1.03. The van der Waals surface area contributed by atoms with Gasteiger partial charge in [0.1, 0.15) is 11.4 Å². The summed E-state index contributed by atoms with van der Waals surface area (Å²) in [5.41, 5.74) is 1.84. The van der Waals surface area contributed by atoms with E-state index < -0.39 is 28.4 Å². The molecule has 0 saturated carbocycles. The Hall–Kier alpha value is -4.69. The normalized spacial score (nSPS) is 13.9. The molecule has 39 heavy (non-hydrogen) atoms. The fourth-order valence-electron chi connectivity index (χ4n) is 4.24. The van der Waals surface area contributed by atoms with E-state index in [0.717, 1.165) is 9.87 Å². The van der Waals surface area contributed by atoms with E-state index >= 15 is 0 Å². The van der Waals surface area contributed by atoms with Crippen LogP contribution in [0, 0.1) is 6.92 Å². The SMILES string of the molecule is Cc1ccc(OCC(=O)OC2=C(C(=O)c3ccccc3)N(Cc3ccccc3)S(=O)(=O)c3ccccc32)cc1. The second kappa shape index (κ2) is 11.0. The van der Waals surface area contributed by atoms with Gasteiger partial charge in [0.25, 0.3) is 10.0 Å². The molecule has 0 bridgehead atoms. The van der Waals surface area contributed by atoms with Gasteiger partial charge >= 0.3 is 5.97 Å². The molecule has 7 nitrogen and oxygen atoms in total. The van der Waals surface area contributed by atoms with Crippen LogP contribution >= 0.6 is 0 Å². The Bertz CT molecular complexity index is 1650. The first-order valence-corrected chi connectivity index (χ1v) is 13.7. The molecule has 196 valence electrons. The highest BCUT2D eigenvalue weighted by Gasteiger charge is 2.41. The molecule has 0 N–H and O–H groups in total. The van der Waals surface area contributed by atoms with Crippen LogP contribution in [0.4, 0.5) is 0 Å². The van der Waals surface area contributed by atoms with Crippen LogP contribution in [0.25, 0.3) is 5.76 Å². The van der Waals surface area contributed by atoms with Crippen LogP contribution in [0.2, 0.25) is 0 Å². The van der Waals surface area contributed by atoms with E-state index in [2.05, 4.69) is 0 Å². The van der Waals surface area contributed by atoms with Gasteiger partial charge in [0, 0.05) is 11.1 Å². The van der Waals surface area contributed by atoms with Gasteiger partial charge in [-0.05, 0) is 36.8 Å². The zero-order chi connectivity index (χ0) is 27.4. The first-order chi connectivity index (χ1) is 18.8. The van der Waals surface area contributed by atoms with Gasteiger partial charge in [-0.3, -0.25) is 9.10 Å². The summed E-state index contributed by atoms with van der Waals surface area (Å²) < 4.78 is 40.2. The molecular weight excluding hydrogens is 514 g/mol. The van der Waals surface area contributed by atoms with E-state index in [1.54, 1.807) is 78.9 Å². The Morgan fingerprint density at radius 3 is 2.08 bits per heavy atom. The molecule has 0 unspecified atom stereocenters. The second-order valence-electron chi connectivity index (χ2n) is 8.94. The highest BCUT2D eigenvalue weighted by Crippen LogP contribution is 2.39. The number of nitrogens with zero attached hydrogens (tertiary/aromatic N) is 1. The molecule has 0 spiro atoms. The molecule has 0 atom stereocenters. The van der Waals surface area contributed by atoms with Gasteiger partial charge in [-0.1, -0.05) is 90.5 Å². The standard InChI is InChI=1S/C31H25NO6S/c1-22-16-18-25(19-17-22)37-21-28(33)38-31-26-14-8-9-15-27(26)39(35,36)32(20-23-10-4-2-5-11-23)29(31)30(34)24-12-6-3-7-13-24/h2-19H,20-21H2,1H3. The number of benzene rings is 4. The summed E-state index contributed by atoms with van der Waals surface area (Å²) in [6, 6.07) is 30.5. The molecule has 4 aromatic carbocycles. The Morgan fingerprint density at radius 2 is 1.38 bits per heavy atom. The summed E-state index contributed by atoms with van der Waals surface area (Å²) in [4.78, 5) is 26.9. The quantitative estimate of drug-likeness (QED) is 0.221. The van der Waals surface area contributed by atoms with Crippen molar-refractivity contribution in [2.75, 3.05) is 6.61 Å². The van der Waals surface area contributed by atoms with E-state index in [1.165, 1.54) is 12.1 Å². The van der Waals surface area contributed by atoms with Crippen molar-refractivity contribution >= 4 is 27.5 Å². The van der Waals surface area contributed by atoms with Gasteiger partial charge < -0.3 is 9.47 Å². The van der Waals surface area contributed by atoms with Crippen molar-refractivity contribution < 1.29 is 27.5 Å². The third-order valence-corrected chi connectivity index (χ3v) is 7.98. The van der Waals surface area contributed by atoms with Gasteiger partial charge in [0.2, 0.25) is 5.78 Å². The molecule has 0 radical (unpaired) electrons. The molecule has 0 saturated heterocycles. The number of Topliss-reactive ketones (excluding diaryl/α,β-unsaturated/α-hetero) is 1. The van der Waals surface area contributed by atoms with Crippen molar-refractivity contribution in [2.45, 2.75) is 18.4 Å². The minimum Gasteiger partial charge on any atom is -0.482 e. The minimum atomic E-state index is -4.18. The van der Waals surface area contributed by atoms with E-state index in [1.807, 2.05) is 25.1 Å². The second-order valence-corrected chi connectivity index (χ2v) is 10.8. The Labute approximate surface area is 227 Å². The van der Waals surface area contributed by atoms with Gasteiger partial charge in [0.05, 0.1) is 11.4 Å². The van der Waals surface area contributed by atoms with E-state index in [9.17, 15) is 18.0 Å². The van der Waals surface area contributed by atoms with E-state index in [0.29, 0.717) is 11.3 Å². The molecule has 4 aromatic rings. The summed E-state index contributed by atoms with van der Waals surface area (Å²) in [6.45, 7) is 1.37. The molecule has 5 rings (SSSR count). The van der Waals surface area contributed by atoms with E-state index in [-0.39, 0.29) is 34.0 Å². The van der Waals surface area contributed by atoms with Crippen LogP contribution in [-0.4, -0.2) is 31.1 Å². The fourth-order valence-corrected chi connectivity index (χ4v) is 5.89. The number of fused-ring (bicyclic) bond motifs is 1. The third kappa shape index (κ3) is 5.46. The summed E-state index contributed by atoms with van der Waals surface area (Å²) >= 11 is 0. The summed E-state index contributed by atoms with van der Waals surface area (Å²) in [5, 5.41) is 0. The van der Waals surface area contributed by atoms with E-state index in [4.69, 9.17) is 9.47 Å². The Morgan fingerprint density at radius 1 is 0.769 bits per heavy atom. The van der Waals surface area contributed by atoms with Crippen LogP contribution in [0.1, 0.15) is 27.0 Å². The van der Waals surface area contributed by atoms with Crippen LogP contribution in [-0.2, 0) is 26.1 Å². The number of esters is 1. The number of ketones is 1. The predicted molar refractivity (Wildman–Crippen MR) is 146 cm³/mol. The lowest BCUT2D eigenvalue weighted by Crippen LogP contribution is -2.38. The lowest BCUT2D eigenvalue weighted by molar-refractivity contribution is -0.139. The van der Waals surface area contributed by atoms with Crippen molar-refractivity contribution in [3.05, 3.63) is 137 Å². The average Bonchev–Trinajstić information content (AvgIpc) is 2.96. The molecule has 0 amide bonds. The molecular formula is C31H25NO6S. The van der Waals surface area contributed by atoms with Crippen molar-refractivity contribution in [3.8, 4) is 5.75 Å². The Balaban J connectivity index is 1.61. The van der Waals surface area contributed by atoms with Gasteiger partial charge in [-0.25, -0.2) is 13.2 Å². The number of sulfonamides is 1. The maximum atomic E-state index is 13.9. The zero-order valence-electron chi connectivity index (χ0n) is 21.1. The number of rotatable bonds is 8. The monoisotopic (exact) mass is 539 g/mol. The fraction of sp³-hybridized carbons (Fsp3) is 0.0968. The van der Waals surface area contributed by atoms with Gasteiger partial charge in [-0.2, -0.15) is 0 Å². The topological polar surface area (TPSA) is 90.0 Å². The highest BCUT2D eigenvalue weighted by atomic mass is 32.2. The summed E-state index contributed by atoms with van der Waals surface area (Å²) in [6.07, 6.45) is 0. The minimum absolute atomic E-state index is 0.0622. The van der Waals surface area contributed by atoms with Crippen molar-refractivity contribution in [3.63, 3.8) is 0 Å². The first kappa shape index (κ1) is 25.9. The molecule has 1 aliphatic heterocycles. The first-order valence-electron chi connectivity index (χ1n) is 12.2. The number of ether oxygens (including phenoxy) is 2. The molecule has 0 aliphatic carbocycles. The number of aryl methyl sites for hydroxylation is 1. The van der Waals surface area contributed by atoms with Crippen molar-refractivity contribution in [1.82, 2.24) is 4.31 Å². The smallest absolute Gasteiger partial charge is 0.349 e. The molecule has 0 fully saturated rings. The number of allylic oxidation sites excluding steroid dienone is 1. The zero-order valence-corrected chi connectivity index (χ0v) is 21.9. The molecule has 1 heterocycles. The lowest BCUT2D eigenvalue weighted by Gasteiger charge is -2.33. The van der Waals surface area contributed by atoms with Crippen LogP contribution in [0.3, 0.4) is 0 Å². The molecule has 1 aliphatic rings. The Kier molecular flexibility index (Phi) is 7.29. The van der Waals surface area contributed by atoms with Gasteiger partial charge in [0.15, 0.2) is 12.4 Å². The van der Waals surface area contributed by atoms with Crippen LogP contribution in [0.5, 0.6) is 5.75 Å². The lowest BCUT2D eigenvalue weighted by atomic mass is 10.0. The predicted octanol–water partition coefficient (Wildman–Crippen LogP) is 5.37. The van der Waals surface area contributed by atoms with Gasteiger partial charge in [-0.15, -0.1) is 0 Å².